The molecule has 0 radical (unpaired) electrons. The average Bonchev–Trinajstić information content (AvgIpc) is 3.25. The first-order chi connectivity index (χ1) is 10.0. The van der Waals surface area contributed by atoms with Crippen molar-refractivity contribution in [2.24, 2.45) is 0 Å². The minimum atomic E-state index is -0.781. The zero-order valence-electron chi connectivity index (χ0n) is 11.2. The fourth-order valence-corrected chi connectivity index (χ4v) is 2.42. The molecular formula is C16H14F2N2O. The Hall–Kier alpha value is -2.43. The maximum atomic E-state index is 13.6. The highest BCUT2D eigenvalue weighted by Gasteiger charge is 2.51. The van der Waals surface area contributed by atoms with E-state index in [1.807, 2.05) is 0 Å². The van der Waals surface area contributed by atoms with Gasteiger partial charge in [0.2, 0.25) is 5.91 Å². The lowest BCUT2D eigenvalue weighted by Crippen LogP contribution is -2.28. The Kier molecular flexibility index (Phi) is 3.12. The molecule has 1 aliphatic carbocycles. The second-order valence-electron chi connectivity index (χ2n) is 5.25. The number of hydrogen-bond acceptors (Lipinski definition) is 2. The predicted octanol–water partition coefficient (Wildman–Crippen LogP) is 3.22. The van der Waals surface area contributed by atoms with Crippen molar-refractivity contribution < 1.29 is 13.6 Å². The molecule has 3 N–H and O–H groups in total. The fourth-order valence-electron chi connectivity index (χ4n) is 2.42. The van der Waals surface area contributed by atoms with Gasteiger partial charge in [0.05, 0.1) is 5.41 Å². The number of carbonyl (C=O) groups is 1. The van der Waals surface area contributed by atoms with E-state index < -0.39 is 28.6 Å². The monoisotopic (exact) mass is 288 g/mol. The summed E-state index contributed by atoms with van der Waals surface area (Å²) < 4.78 is 27.2. The summed E-state index contributed by atoms with van der Waals surface area (Å²) in [5, 5.41) is 2.37. The Bertz CT molecular complexity index is 674. The maximum Gasteiger partial charge on any atom is 0.235 e. The Morgan fingerprint density at radius 2 is 1.62 bits per heavy atom. The molecule has 0 spiro atoms. The summed E-state index contributed by atoms with van der Waals surface area (Å²) in [7, 11) is 0. The first-order valence-corrected chi connectivity index (χ1v) is 6.64. The standard InChI is InChI=1S/C16H14F2N2O/c17-12-2-1-3-13(18)14(12)20-15(21)16(8-9-16)10-4-6-11(19)7-5-10/h1-7H,8-9,19H2,(H,20,21). The molecular weight excluding hydrogens is 274 g/mol. The summed E-state index contributed by atoms with van der Waals surface area (Å²) >= 11 is 0. The van der Waals surface area contributed by atoms with Crippen LogP contribution in [0.1, 0.15) is 18.4 Å². The van der Waals surface area contributed by atoms with Crippen LogP contribution in [0.4, 0.5) is 20.2 Å². The van der Waals surface area contributed by atoms with Crippen LogP contribution in [0, 0.1) is 11.6 Å². The SMILES string of the molecule is Nc1ccc(C2(C(=O)Nc3c(F)cccc3F)CC2)cc1. The van der Waals surface area contributed by atoms with Crippen LogP contribution < -0.4 is 11.1 Å². The number of rotatable bonds is 3. The average molecular weight is 288 g/mol. The topological polar surface area (TPSA) is 55.1 Å². The summed E-state index contributed by atoms with van der Waals surface area (Å²) in [6, 6.07) is 10.5. The number of nitrogen functional groups attached to an aromatic ring is 1. The van der Waals surface area contributed by atoms with Crippen LogP contribution in [-0.2, 0) is 10.2 Å². The number of nitrogens with two attached hydrogens (primary N) is 1. The van der Waals surface area contributed by atoms with Crippen molar-refractivity contribution in [3.63, 3.8) is 0 Å². The van der Waals surface area contributed by atoms with Crippen LogP contribution in [0.3, 0.4) is 0 Å². The zero-order valence-corrected chi connectivity index (χ0v) is 11.2. The third-order valence-corrected chi connectivity index (χ3v) is 3.85. The van der Waals surface area contributed by atoms with Crippen LogP contribution in [0.5, 0.6) is 0 Å². The normalized spacial score (nSPS) is 15.5. The molecule has 1 fully saturated rings. The van der Waals surface area contributed by atoms with Crippen LogP contribution in [0.2, 0.25) is 0 Å². The molecule has 0 heterocycles. The third-order valence-electron chi connectivity index (χ3n) is 3.85. The lowest BCUT2D eigenvalue weighted by Gasteiger charge is -2.16. The molecule has 1 aliphatic rings. The van der Waals surface area contributed by atoms with E-state index in [4.69, 9.17) is 5.73 Å². The molecule has 1 saturated carbocycles. The lowest BCUT2D eigenvalue weighted by atomic mass is 9.94. The molecule has 2 aromatic rings. The van der Waals surface area contributed by atoms with Gasteiger partial charge in [-0.2, -0.15) is 0 Å². The van der Waals surface area contributed by atoms with Gasteiger partial charge in [-0.1, -0.05) is 18.2 Å². The van der Waals surface area contributed by atoms with Crippen molar-refractivity contribution in [3.8, 4) is 0 Å². The zero-order chi connectivity index (χ0) is 15.0. The first-order valence-electron chi connectivity index (χ1n) is 6.64. The number of hydrogen-bond donors (Lipinski definition) is 2. The molecule has 108 valence electrons. The molecule has 0 saturated heterocycles. The molecule has 5 heteroatoms. The number of nitrogens with one attached hydrogen (secondary N) is 1. The van der Waals surface area contributed by atoms with Crippen LogP contribution in [0.15, 0.2) is 42.5 Å². The molecule has 0 aromatic heterocycles. The molecule has 1 amide bonds. The highest BCUT2D eigenvalue weighted by Crippen LogP contribution is 2.49. The Morgan fingerprint density at radius 3 is 2.14 bits per heavy atom. The van der Waals surface area contributed by atoms with Crippen molar-refractivity contribution in [3.05, 3.63) is 59.7 Å². The van der Waals surface area contributed by atoms with Gasteiger partial charge in [-0.15, -0.1) is 0 Å². The third kappa shape index (κ3) is 2.35. The van der Waals surface area contributed by atoms with Gasteiger partial charge in [0.25, 0.3) is 0 Å². The van der Waals surface area contributed by atoms with E-state index in [0.717, 1.165) is 17.7 Å². The summed E-state index contributed by atoms with van der Waals surface area (Å²) in [5.41, 5.74) is 5.94. The van der Waals surface area contributed by atoms with Gasteiger partial charge >= 0.3 is 0 Å². The van der Waals surface area contributed by atoms with Crippen molar-refractivity contribution >= 4 is 17.3 Å². The van der Waals surface area contributed by atoms with Crippen molar-refractivity contribution in [1.82, 2.24) is 0 Å². The smallest absolute Gasteiger partial charge is 0.235 e. The van der Waals surface area contributed by atoms with Gasteiger partial charge in [0.15, 0.2) is 0 Å². The molecule has 0 unspecified atom stereocenters. The number of benzene rings is 2. The minimum Gasteiger partial charge on any atom is -0.399 e. The second kappa shape index (κ2) is 4.84. The number of anilines is 2. The molecule has 2 aromatic carbocycles. The van der Waals surface area contributed by atoms with E-state index in [9.17, 15) is 13.6 Å². The van der Waals surface area contributed by atoms with Crippen LogP contribution in [0.25, 0.3) is 0 Å². The summed E-state index contributed by atoms with van der Waals surface area (Å²) in [4.78, 5) is 12.4. The predicted molar refractivity (Wildman–Crippen MR) is 76.8 cm³/mol. The molecule has 0 atom stereocenters. The summed E-state index contributed by atoms with van der Waals surface area (Å²) in [6.45, 7) is 0. The molecule has 0 aliphatic heterocycles. The van der Waals surface area contributed by atoms with Gasteiger partial charge in [0, 0.05) is 5.69 Å². The number of halogens is 2. The van der Waals surface area contributed by atoms with E-state index in [1.54, 1.807) is 24.3 Å². The van der Waals surface area contributed by atoms with Gasteiger partial charge in [-0.25, -0.2) is 8.78 Å². The van der Waals surface area contributed by atoms with Crippen molar-refractivity contribution in [2.45, 2.75) is 18.3 Å². The molecule has 21 heavy (non-hydrogen) atoms. The van der Waals surface area contributed by atoms with Crippen molar-refractivity contribution in [1.29, 1.82) is 0 Å². The largest absolute Gasteiger partial charge is 0.399 e. The summed E-state index contributed by atoms with van der Waals surface area (Å²) in [5.74, 6) is -1.95. The van der Waals surface area contributed by atoms with Crippen LogP contribution in [-0.4, -0.2) is 5.91 Å². The number of carbonyl (C=O) groups excluding carboxylic acids is 1. The molecule has 3 nitrogen and oxygen atoms in total. The van der Waals surface area contributed by atoms with Gasteiger partial charge in [-0.3, -0.25) is 4.79 Å². The Balaban J connectivity index is 1.87. The van der Waals surface area contributed by atoms with E-state index in [-0.39, 0.29) is 0 Å². The van der Waals surface area contributed by atoms with Gasteiger partial charge < -0.3 is 11.1 Å². The highest BCUT2D eigenvalue weighted by atomic mass is 19.1. The second-order valence-corrected chi connectivity index (χ2v) is 5.25. The van der Waals surface area contributed by atoms with E-state index >= 15 is 0 Å². The van der Waals surface area contributed by atoms with Gasteiger partial charge in [-0.05, 0) is 42.7 Å². The Labute approximate surface area is 120 Å². The highest BCUT2D eigenvalue weighted by molar-refractivity contribution is 6.01. The maximum absolute atomic E-state index is 13.6. The summed E-state index contributed by atoms with van der Waals surface area (Å²) in [6.07, 6.45) is 1.30. The van der Waals surface area contributed by atoms with E-state index in [2.05, 4.69) is 5.32 Å². The van der Waals surface area contributed by atoms with Gasteiger partial charge in [0.1, 0.15) is 17.3 Å². The lowest BCUT2D eigenvalue weighted by molar-refractivity contribution is -0.118. The fraction of sp³-hybridized carbons (Fsp3) is 0.188. The Morgan fingerprint density at radius 1 is 1.05 bits per heavy atom. The molecule has 0 bridgehead atoms. The van der Waals surface area contributed by atoms with Crippen LogP contribution >= 0.6 is 0 Å². The molecule has 3 rings (SSSR count). The quantitative estimate of drug-likeness (QED) is 0.852. The number of para-hydroxylation sites is 1. The number of amides is 1. The van der Waals surface area contributed by atoms with E-state index in [1.165, 1.54) is 6.07 Å². The van der Waals surface area contributed by atoms with Crippen molar-refractivity contribution in [2.75, 3.05) is 11.1 Å². The minimum absolute atomic E-state index is 0.392. The van der Waals surface area contributed by atoms with E-state index in [0.29, 0.717) is 18.5 Å². The first kappa shape index (κ1) is 13.5.